The molecule has 1 unspecified atom stereocenters. The molecular formula is C40H49N2O7P. The van der Waals surface area contributed by atoms with Crippen molar-refractivity contribution in [2.45, 2.75) is 78.7 Å². The highest BCUT2D eigenvalue weighted by atomic mass is 31.2. The lowest BCUT2D eigenvalue weighted by Gasteiger charge is -2.28. The quantitative estimate of drug-likeness (QED) is 0.0569. The Morgan fingerprint density at radius 3 is 2.18 bits per heavy atom. The van der Waals surface area contributed by atoms with Crippen molar-refractivity contribution in [3.05, 3.63) is 136 Å². The second-order valence-electron chi connectivity index (χ2n) is 13.1. The highest BCUT2D eigenvalue weighted by Gasteiger charge is 2.35. The maximum Gasteiger partial charge on any atom is 0.459 e. The number of benzene rings is 4. The van der Waals surface area contributed by atoms with Gasteiger partial charge in [0.2, 0.25) is 0 Å². The van der Waals surface area contributed by atoms with E-state index in [1.54, 1.807) is 37.3 Å². The fraction of sp³-hybridized carbons (Fsp3) is 0.350. The molecule has 0 spiro atoms. The van der Waals surface area contributed by atoms with Crippen molar-refractivity contribution in [1.82, 2.24) is 5.09 Å². The summed E-state index contributed by atoms with van der Waals surface area (Å²) in [6.45, 7) is 9.41. The molecule has 0 fully saturated rings. The topological polar surface area (TPSA) is 126 Å². The highest BCUT2D eigenvalue weighted by Crippen LogP contribution is 2.45. The van der Waals surface area contributed by atoms with E-state index in [4.69, 9.17) is 24.3 Å². The average Bonchev–Trinajstić information content (AvgIpc) is 3.09. The number of hydrogen-bond donors (Lipinski definition) is 2. The fourth-order valence-corrected chi connectivity index (χ4v) is 6.82. The second-order valence-corrected chi connectivity index (χ2v) is 14.8. The number of ether oxygens (including phenoxy) is 2. The van der Waals surface area contributed by atoms with Crippen molar-refractivity contribution in [2.75, 3.05) is 13.2 Å². The van der Waals surface area contributed by atoms with Gasteiger partial charge < -0.3 is 19.7 Å². The molecule has 0 radical (unpaired) electrons. The van der Waals surface area contributed by atoms with Crippen LogP contribution in [0.1, 0.15) is 70.4 Å². The first-order valence-corrected chi connectivity index (χ1v) is 18.4. The van der Waals surface area contributed by atoms with Crippen LogP contribution in [0, 0.1) is 20.8 Å². The summed E-state index contributed by atoms with van der Waals surface area (Å²) in [4.78, 5) is 25.8. The minimum absolute atomic E-state index is 0.0706. The number of nitrogens with one attached hydrogen (secondary N) is 1. The van der Waals surface area contributed by atoms with Gasteiger partial charge in [0.25, 0.3) is 0 Å². The van der Waals surface area contributed by atoms with Gasteiger partial charge in [-0.1, -0.05) is 84.4 Å². The molecule has 50 heavy (non-hydrogen) atoms. The Labute approximate surface area is 296 Å². The molecule has 0 aliphatic heterocycles. The van der Waals surface area contributed by atoms with E-state index in [2.05, 4.69) is 36.3 Å². The Morgan fingerprint density at radius 1 is 0.840 bits per heavy atom. The van der Waals surface area contributed by atoms with Crippen LogP contribution in [0.25, 0.3) is 0 Å². The Kier molecular flexibility index (Phi) is 14.1. The maximum absolute atomic E-state index is 13.9. The lowest BCUT2D eigenvalue weighted by molar-refractivity contribution is -0.146. The van der Waals surface area contributed by atoms with Gasteiger partial charge in [-0.3, -0.25) is 14.1 Å². The van der Waals surface area contributed by atoms with Crippen LogP contribution in [0.3, 0.4) is 0 Å². The molecule has 10 heteroatoms. The van der Waals surface area contributed by atoms with E-state index in [0.29, 0.717) is 12.2 Å². The molecule has 0 aliphatic rings. The minimum atomic E-state index is -4.11. The van der Waals surface area contributed by atoms with Crippen LogP contribution in [0.5, 0.6) is 5.75 Å². The standard InChI is InChI=1S/C40H49N2O7P/c1-29-19-21-33(22-20-29)15-12-18-38(43)37-24-30(2)35(23-31(37)3)26-46-27-40(5,41)28-48-50(45,49-36-16-10-7-11-17-36)42-32(4)39(44)47-25-34-13-8-6-9-14-34/h6-11,13-14,16-17,19-24,32H,12,15,18,25-28,41H2,1-5H3,(H,42,45)/t32-,40+,50?/m0/s1. The van der Waals surface area contributed by atoms with Gasteiger partial charge in [-0.25, -0.2) is 4.57 Å². The third-order valence-corrected chi connectivity index (χ3v) is 9.75. The van der Waals surface area contributed by atoms with E-state index >= 15 is 0 Å². The smallest absolute Gasteiger partial charge is 0.459 e. The normalized spacial score (nSPS) is 14.3. The Morgan fingerprint density at radius 2 is 1.50 bits per heavy atom. The summed E-state index contributed by atoms with van der Waals surface area (Å²) >= 11 is 0. The summed E-state index contributed by atoms with van der Waals surface area (Å²) < 4.78 is 36.9. The molecule has 0 aliphatic carbocycles. The maximum atomic E-state index is 13.9. The fourth-order valence-electron chi connectivity index (χ4n) is 5.20. The van der Waals surface area contributed by atoms with Gasteiger partial charge in [-0.15, -0.1) is 0 Å². The highest BCUT2D eigenvalue weighted by molar-refractivity contribution is 7.52. The molecule has 4 aromatic carbocycles. The number of carbonyl (C=O) groups excluding carboxylic acids is 2. The number of hydrogen-bond acceptors (Lipinski definition) is 8. The molecule has 3 atom stereocenters. The van der Waals surface area contributed by atoms with Gasteiger partial charge in [-0.05, 0) is 93.5 Å². The van der Waals surface area contributed by atoms with Crippen molar-refractivity contribution in [2.24, 2.45) is 5.73 Å². The van der Waals surface area contributed by atoms with Crippen LogP contribution in [0.2, 0.25) is 0 Å². The SMILES string of the molecule is Cc1ccc(CCCC(=O)c2cc(C)c(COC[C@@](C)(N)COP(=O)(N[C@@H](C)C(=O)OCc3ccccc3)Oc3ccccc3)cc2C)cc1. The molecule has 0 saturated heterocycles. The van der Waals surface area contributed by atoms with E-state index < -0.39 is 25.3 Å². The minimum Gasteiger partial charge on any atom is -0.460 e. The summed E-state index contributed by atoms with van der Waals surface area (Å²) in [7, 11) is -4.11. The van der Waals surface area contributed by atoms with Gasteiger partial charge in [-0.2, -0.15) is 5.09 Å². The third kappa shape index (κ3) is 12.3. The van der Waals surface area contributed by atoms with E-state index in [9.17, 15) is 14.2 Å². The number of carbonyl (C=O) groups is 2. The Bertz CT molecular complexity index is 1750. The number of esters is 1. The zero-order valence-corrected chi connectivity index (χ0v) is 30.5. The molecule has 266 valence electrons. The molecule has 3 N–H and O–H groups in total. The van der Waals surface area contributed by atoms with Crippen LogP contribution in [-0.2, 0) is 43.0 Å². The van der Waals surface area contributed by atoms with E-state index in [1.807, 2.05) is 56.3 Å². The van der Waals surface area contributed by atoms with Crippen LogP contribution < -0.4 is 15.3 Å². The van der Waals surface area contributed by atoms with E-state index in [0.717, 1.165) is 40.7 Å². The van der Waals surface area contributed by atoms with Crippen LogP contribution >= 0.6 is 7.75 Å². The summed E-state index contributed by atoms with van der Waals surface area (Å²) in [5.41, 5.74) is 12.3. The van der Waals surface area contributed by atoms with Gasteiger partial charge in [0.1, 0.15) is 18.4 Å². The van der Waals surface area contributed by atoms with E-state index in [1.165, 1.54) is 18.1 Å². The molecule has 9 nitrogen and oxygen atoms in total. The lowest BCUT2D eigenvalue weighted by atomic mass is 9.95. The summed E-state index contributed by atoms with van der Waals surface area (Å²) in [5.74, 6) is -0.192. The lowest BCUT2D eigenvalue weighted by Crippen LogP contribution is -2.46. The van der Waals surface area contributed by atoms with Crippen LogP contribution in [0.15, 0.2) is 97.1 Å². The average molecular weight is 701 g/mol. The molecular weight excluding hydrogens is 651 g/mol. The molecule has 0 saturated carbocycles. The van der Waals surface area contributed by atoms with Crippen molar-refractivity contribution >= 4 is 19.5 Å². The molecule has 4 aromatic rings. The molecule has 0 bridgehead atoms. The Balaban J connectivity index is 1.30. The number of para-hydroxylation sites is 1. The summed E-state index contributed by atoms with van der Waals surface area (Å²) in [5, 5.41) is 2.70. The van der Waals surface area contributed by atoms with Crippen molar-refractivity contribution < 1.29 is 32.7 Å². The van der Waals surface area contributed by atoms with Gasteiger partial charge in [0.05, 0.1) is 25.4 Å². The summed E-state index contributed by atoms with van der Waals surface area (Å²) in [6, 6.07) is 29.1. The largest absolute Gasteiger partial charge is 0.460 e. The molecule has 0 heterocycles. The third-order valence-electron chi connectivity index (χ3n) is 8.12. The Hall–Kier alpha value is -4.11. The van der Waals surface area contributed by atoms with Crippen molar-refractivity contribution in [3.8, 4) is 5.75 Å². The number of Topliss-reactive ketones (excluding diaryl/α,β-unsaturated/α-hetero) is 1. The van der Waals surface area contributed by atoms with Crippen LogP contribution in [-0.4, -0.2) is 36.5 Å². The van der Waals surface area contributed by atoms with Crippen molar-refractivity contribution in [1.29, 1.82) is 0 Å². The molecule has 0 amide bonds. The molecule has 0 aromatic heterocycles. The number of rotatable bonds is 19. The number of aryl methyl sites for hydroxylation is 4. The summed E-state index contributed by atoms with van der Waals surface area (Å²) in [6.07, 6.45) is 2.14. The van der Waals surface area contributed by atoms with Gasteiger partial charge >= 0.3 is 13.7 Å². The second kappa shape index (κ2) is 18.2. The van der Waals surface area contributed by atoms with Gasteiger partial charge in [0.15, 0.2) is 5.78 Å². The first kappa shape index (κ1) is 38.7. The predicted molar refractivity (Wildman–Crippen MR) is 196 cm³/mol. The number of ketones is 1. The predicted octanol–water partition coefficient (Wildman–Crippen LogP) is 7.98. The zero-order valence-electron chi connectivity index (χ0n) is 29.6. The molecule has 4 rings (SSSR count). The van der Waals surface area contributed by atoms with Crippen molar-refractivity contribution in [3.63, 3.8) is 0 Å². The zero-order chi connectivity index (χ0) is 36.1. The first-order valence-electron chi connectivity index (χ1n) is 16.9. The monoisotopic (exact) mass is 700 g/mol. The first-order chi connectivity index (χ1) is 23.8. The van der Waals surface area contributed by atoms with Crippen LogP contribution in [0.4, 0.5) is 0 Å². The van der Waals surface area contributed by atoms with E-state index in [-0.39, 0.29) is 32.2 Å². The number of nitrogens with two attached hydrogens (primary N) is 1. The van der Waals surface area contributed by atoms with Gasteiger partial charge in [0, 0.05) is 12.0 Å².